The number of likely N-dealkylation sites (N-methyl/N-ethyl adjacent to an activating group) is 1. The third-order valence-corrected chi connectivity index (χ3v) is 2.50. The molecule has 0 radical (unpaired) electrons. The molecule has 0 aromatic heterocycles. The number of hydrogen-bond acceptors (Lipinski definition) is 4. The Hall–Kier alpha value is -0.610. The van der Waals surface area contributed by atoms with Crippen LogP contribution in [0.5, 0.6) is 0 Å². The molecule has 0 aromatic carbocycles. The van der Waals surface area contributed by atoms with Gasteiger partial charge < -0.3 is 14.8 Å². The lowest BCUT2D eigenvalue weighted by molar-refractivity contribution is -0.149. The number of carbonyl (C=O) groups excluding carboxylic acids is 1. The van der Waals surface area contributed by atoms with Crippen LogP contribution in [0.4, 0.5) is 0 Å². The molecule has 2 atom stereocenters. The van der Waals surface area contributed by atoms with Crippen molar-refractivity contribution in [2.24, 2.45) is 5.92 Å². The van der Waals surface area contributed by atoms with Crippen LogP contribution in [0.1, 0.15) is 19.8 Å². The Labute approximate surface area is 85.0 Å². The molecule has 0 aliphatic carbocycles. The van der Waals surface area contributed by atoms with Gasteiger partial charge in [-0.2, -0.15) is 0 Å². The first-order chi connectivity index (χ1) is 6.79. The predicted octanol–water partition coefficient (Wildman–Crippen LogP) is 0.564. The van der Waals surface area contributed by atoms with Crippen molar-refractivity contribution < 1.29 is 14.3 Å². The van der Waals surface area contributed by atoms with Gasteiger partial charge in [0, 0.05) is 6.04 Å². The first-order valence-electron chi connectivity index (χ1n) is 5.21. The van der Waals surface area contributed by atoms with Gasteiger partial charge in [0.2, 0.25) is 0 Å². The topological polar surface area (TPSA) is 47.6 Å². The summed E-state index contributed by atoms with van der Waals surface area (Å²) < 4.78 is 10.4. The standard InChI is InChI=1S/C10H19NO3/c1-3-4-5-14-10(12)8-6-13-7-9(8)11-2/h8-9,11H,3-7H2,1-2H3. The summed E-state index contributed by atoms with van der Waals surface area (Å²) in [4.78, 5) is 11.5. The molecule has 1 aliphatic rings. The molecular formula is C10H19NO3. The van der Waals surface area contributed by atoms with Crippen LogP contribution in [0.2, 0.25) is 0 Å². The molecule has 2 unspecified atom stereocenters. The third kappa shape index (κ3) is 2.96. The highest BCUT2D eigenvalue weighted by molar-refractivity contribution is 5.73. The average Bonchev–Trinajstić information content (AvgIpc) is 2.65. The molecule has 0 amide bonds. The van der Waals surface area contributed by atoms with Gasteiger partial charge in [-0.3, -0.25) is 4.79 Å². The minimum Gasteiger partial charge on any atom is -0.465 e. The minimum atomic E-state index is -0.129. The van der Waals surface area contributed by atoms with Crippen molar-refractivity contribution in [2.45, 2.75) is 25.8 Å². The van der Waals surface area contributed by atoms with Crippen molar-refractivity contribution in [3.8, 4) is 0 Å². The number of esters is 1. The fraction of sp³-hybridized carbons (Fsp3) is 0.900. The van der Waals surface area contributed by atoms with Gasteiger partial charge >= 0.3 is 5.97 Å². The van der Waals surface area contributed by atoms with E-state index in [1.54, 1.807) is 0 Å². The summed E-state index contributed by atoms with van der Waals surface area (Å²) in [5.41, 5.74) is 0. The van der Waals surface area contributed by atoms with E-state index in [0.717, 1.165) is 12.8 Å². The zero-order valence-electron chi connectivity index (χ0n) is 8.91. The summed E-state index contributed by atoms with van der Waals surface area (Å²) in [5, 5.41) is 3.06. The first-order valence-corrected chi connectivity index (χ1v) is 5.21. The predicted molar refractivity (Wildman–Crippen MR) is 53.0 cm³/mol. The number of hydrogen-bond donors (Lipinski definition) is 1. The van der Waals surface area contributed by atoms with Gasteiger partial charge in [0.1, 0.15) is 0 Å². The second kappa shape index (κ2) is 5.98. The van der Waals surface area contributed by atoms with Crippen LogP contribution in [-0.2, 0) is 14.3 Å². The van der Waals surface area contributed by atoms with Crippen molar-refractivity contribution in [3.05, 3.63) is 0 Å². The highest BCUT2D eigenvalue weighted by Gasteiger charge is 2.33. The molecule has 1 fully saturated rings. The molecule has 1 rings (SSSR count). The van der Waals surface area contributed by atoms with E-state index in [0.29, 0.717) is 19.8 Å². The van der Waals surface area contributed by atoms with Crippen LogP contribution in [0.3, 0.4) is 0 Å². The molecule has 0 bridgehead atoms. The van der Waals surface area contributed by atoms with Gasteiger partial charge in [-0.15, -0.1) is 0 Å². The minimum absolute atomic E-state index is 0.115. The molecule has 14 heavy (non-hydrogen) atoms. The maximum Gasteiger partial charge on any atom is 0.312 e. The molecule has 82 valence electrons. The maximum atomic E-state index is 11.5. The Morgan fingerprint density at radius 1 is 1.57 bits per heavy atom. The van der Waals surface area contributed by atoms with Crippen LogP contribution in [0.25, 0.3) is 0 Å². The van der Waals surface area contributed by atoms with E-state index in [-0.39, 0.29) is 17.9 Å². The van der Waals surface area contributed by atoms with E-state index in [1.165, 1.54) is 0 Å². The van der Waals surface area contributed by atoms with Crippen LogP contribution in [-0.4, -0.2) is 38.9 Å². The molecule has 1 saturated heterocycles. The van der Waals surface area contributed by atoms with Gasteiger partial charge in [0.15, 0.2) is 0 Å². The second-order valence-corrected chi connectivity index (χ2v) is 3.56. The molecule has 1 aliphatic heterocycles. The van der Waals surface area contributed by atoms with Gasteiger partial charge in [0.25, 0.3) is 0 Å². The van der Waals surface area contributed by atoms with E-state index >= 15 is 0 Å². The highest BCUT2D eigenvalue weighted by Crippen LogP contribution is 2.15. The molecule has 1 heterocycles. The number of unbranched alkanes of at least 4 members (excludes halogenated alkanes) is 1. The fourth-order valence-electron chi connectivity index (χ4n) is 1.50. The average molecular weight is 201 g/mol. The molecular weight excluding hydrogens is 182 g/mol. The van der Waals surface area contributed by atoms with Crippen LogP contribution < -0.4 is 5.32 Å². The number of carbonyl (C=O) groups is 1. The van der Waals surface area contributed by atoms with Gasteiger partial charge in [-0.25, -0.2) is 0 Å². The summed E-state index contributed by atoms with van der Waals surface area (Å²) in [7, 11) is 1.84. The third-order valence-electron chi connectivity index (χ3n) is 2.50. The Balaban J connectivity index is 2.28. The molecule has 0 saturated carbocycles. The Bertz CT molecular complexity index is 184. The van der Waals surface area contributed by atoms with Crippen molar-refractivity contribution >= 4 is 5.97 Å². The lowest BCUT2D eigenvalue weighted by Crippen LogP contribution is -2.37. The molecule has 0 aromatic rings. The van der Waals surface area contributed by atoms with Crippen LogP contribution in [0, 0.1) is 5.92 Å². The summed E-state index contributed by atoms with van der Waals surface area (Å²) in [6, 6.07) is 0.115. The Kier molecular flexibility index (Phi) is 4.90. The van der Waals surface area contributed by atoms with Gasteiger partial charge in [0.05, 0.1) is 25.7 Å². The van der Waals surface area contributed by atoms with E-state index in [1.807, 2.05) is 7.05 Å². The largest absolute Gasteiger partial charge is 0.465 e. The molecule has 4 heteroatoms. The number of ether oxygens (including phenoxy) is 2. The number of nitrogens with one attached hydrogen (secondary N) is 1. The summed E-state index contributed by atoms with van der Waals surface area (Å²) in [6.07, 6.45) is 1.98. The summed E-state index contributed by atoms with van der Waals surface area (Å²) in [6.45, 7) is 3.69. The maximum absolute atomic E-state index is 11.5. The smallest absolute Gasteiger partial charge is 0.312 e. The molecule has 4 nitrogen and oxygen atoms in total. The van der Waals surface area contributed by atoms with Gasteiger partial charge in [-0.1, -0.05) is 13.3 Å². The van der Waals surface area contributed by atoms with Crippen LogP contribution >= 0.6 is 0 Å². The van der Waals surface area contributed by atoms with Gasteiger partial charge in [-0.05, 0) is 13.5 Å². The summed E-state index contributed by atoms with van der Waals surface area (Å²) in [5.74, 6) is -0.257. The fourth-order valence-corrected chi connectivity index (χ4v) is 1.50. The SMILES string of the molecule is CCCCOC(=O)C1COCC1NC. The monoisotopic (exact) mass is 201 g/mol. The quantitative estimate of drug-likeness (QED) is 0.521. The lowest BCUT2D eigenvalue weighted by atomic mass is 10.0. The van der Waals surface area contributed by atoms with Crippen LogP contribution in [0.15, 0.2) is 0 Å². The van der Waals surface area contributed by atoms with Crippen molar-refractivity contribution in [1.29, 1.82) is 0 Å². The normalized spacial score (nSPS) is 26.4. The Morgan fingerprint density at radius 3 is 3.00 bits per heavy atom. The first kappa shape index (κ1) is 11.5. The number of rotatable bonds is 5. The zero-order valence-corrected chi connectivity index (χ0v) is 8.91. The Morgan fingerprint density at radius 2 is 2.36 bits per heavy atom. The summed E-state index contributed by atoms with van der Waals surface area (Å²) >= 11 is 0. The van der Waals surface area contributed by atoms with Crippen molar-refractivity contribution in [3.63, 3.8) is 0 Å². The zero-order chi connectivity index (χ0) is 10.4. The van der Waals surface area contributed by atoms with Crippen molar-refractivity contribution in [1.82, 2.24) is 5.32 Å². The highest BCUT2D eigenvalue weighted by atomic mass is 16.5. The van der Waals surface area contributed by atoms with E-state index in [4.69, 9.17) is 9.47 Å². The molecule has 1 N–H and O–H groups in total. The van der Waals surface area contributed by atoms with E-state index in [9.17, 15) is 4.79 Å². The second-order valence-electron chi connectivity index (χ2n) is 3.56. The van der Waals surface area contributed by atoms with E-state index in [2.05, 4.69) is 12.2 Å². The van der Waals surface area contributed by atoms with E-state index < -0.39 is 0 Å². The molecule has 0 spiro atoms. The van der Waals surface area contributed by atoms with Crippen molar-refractivity contribution in [2.75, 3.05) is 26.9 Å². The lowest BCUT2D eigenvalue weighted by Gasteiger charge is -2.15.